The predicted octanol–water partition coefficient (Wildman–Crippen LogP) is 1.17. The first kappa shape index (κ1) is 10.7. The quantitative estimate of drug-likeness (QED) is 0.587. The average molecular weight is 157 g/mol. The number of hydrogen-bond donors (Lipinski definition) is 2. The van der Waals surface area contributed by atoms with Crippen LogP contribution in [0.3, 0.4) is 0 Å². The SMILES string of the molecule is C=C(C)CNCC(O)C(C)C. The van der Waals surface area contributed by atoms with E-state index < -0.39 is 0 Å². The second-order valence-electron chi connectivity index (χ2n) is 3.40. The summed E-state index contributed by atoms with van der Waals surface area (Å²) in [6.07, 6.45) is -0.241. The maximum Gasteiger partial charge on any atom is 0.0687 e. The van der Waals surface area contributed by atoms with Crippen LogP contribution in [0.5, 0.6) is 0 Å². The second kappa shape index (κ2) is 5.33. The molecule has 2 N–H and O–H groups in total. The number of aliphatic hydroxyl groups excluding tert-OH is 1. The van der Waals surface area contributed by atoms with E-state index in [9.17, 15) is 5.11 Å². The zero-order valence-electron chi connectivity index (χ0n) is 7.72. The minimum Gasteiger partial charge on any atom is -0.392 e. The van der Waals surface area contributed by atoms with Crippen LogP contribution in [0.4, 0.5) is 0 Å². The zero-order chi connectivity index (χ0) is 8.85. The van der Waals surface area contributed by atoms with Crippen LogP contribution in [0.1, 0.15) is 20.8 Å². The molecule has 0 radical (unpaired) electrons. The summed E-state index contributed by atoms with van der Waals surface area (Å²) in [4.78, 5) is 0. The Kier molecular flexibility index (Phi) is 5.16. The fourth-order valence-electron chi connectivity index (χ4n) is 0.669. The van der Waals surface area contributed by atoms with E-state index >= 15 is 0 Å². The molecule has 0 aromatic heterocycles. The number of nitrogens with one attached hydrogen (secondary N) is 1. The van der Waals surface area contributed by atoms with Gasteiger partial charge in [-0.05, 0) is 12.8 Å². The smallest absolute Gasteiger partial charge is 0.0687 e. The molecule has 0 fully saturated rings. The van der Waals surface area contributed by atoms with Gasteiger partial charge < -0.3 is 10.4 Å². The lowest BCUT2D eigenvalue weighted by atomic mass is 10.1. The van der Waals surface area contributed by atoms with Crippen molar-refractivity contribution in [2.75, 3.05) is 13.1 Å². The van der Waals surface area contributed by atoms with Gasteiger partial charge in [-0.15, -0.1) is 0 Å². The lowest BCUT2D eigenvalue weighted by Gasteiger charge is -2.14. The molecule has 0 aliphatic carbocycles. The second-order valence-corrected chi connectivity index (χ2v) is 3.40. The van der Waals surface area contributed by atoms with Gasteiger partial charge in [-0.2, -0.15) is 0 Å². The van der Waals surface area contributed by atoms with E-state index in [1.54, 1.807) is 0 Å². The molecule has 0 heterocycles. The van der Waals surface area contributed by atoms with E-state index in [-0.39, 0.29) is 6.10 Å². The summed E-state index contributed by atoms with van der Waals surface area (Å²) < 4.78 is 0. The van der Waals surface area contributed by atoms with Crippen molar-refractivity contribution in [1.82, 2.24) is 5.32 Å². The van der Waals surface area contributed by atoms with Gasteiger partial charge in [-0.1, -0.05) is 26.0 Å². The standard InChI is InChI=1S/C9H19NO/c1-7(2)5-10-6-9(11)8(3)4/h8-11H,1,5-6H2,2-4H3. The Bertz CT molecular complexity index is 121. The third-order valence-corrected chi connectivity index (χ3v) is 1.55. The molecule has 0 aromatic carbocycles. The van der Waals surface area contributed by atoms with Crippen LogP contribution in [0, 0.1) is 5.92 Å². The molecule has 1 unspecified atom stereocenters. The van der Waals surface area contributed by atoms with Crippen molar-refractivity contribution < 1.29 is 5.11 Å². The molecular weight excluding hydrogens is 138 g/mol. The van der Waals surface area contributed by atoms with Crippen molar-refractivity contribution in [1.29, 1.82) is 0 Å². The van der Waals surface area contributed by atoms with E-state index in [2.05, 4.69) is 11.9 Å². The molecule has 2 nitrogen and oxygen atoms in total. The minimum absolute atomic E-state index is 0.241. The van der Waals surface area contributed by atoms with Crippen LogP contribution >= 0.6 is 0 Å². The third-order valence-electron chi connectivity index (χ3n) is 1.55. The van der Waals surface area contributed by atoms with Gasteiger partial charge in [0.25, 0.3) is 0 Å². The highest BCUT2D eigenvalue weighted by molar-refractivity contribution is 4.90. The van der Waals surface area contributed by atoms with E-state index in [1.807, 2.05) is 20.8 Å². The monoisotopic (exact) mass is 157 g/mol. The van der Waals surface area contributed by atoms with Gasteiger partial charge in [-0.3, -0.25) is 0 Å². The van der Waals surface area contributed by atoms with Gasteiger partial charge >= 0.3 is 0 Å². The van der Waals surface area contributed by atoms with Crippen molar-refractivity contribution >= 4 is 0 Å². The molecule has 11 heavy (non-hydrogen) atoms. The van der Waals surface area contributed by atoms with E-state index in [0.29, 0.717) is 12.5 Å². The van der Waals surface area contributed by atoms with E-state index in [0.717, 1.165) is 12.1 Å². The van der Waals surface area contributed by atoms with Gasteiger partial charge in [-0.25, -0.2) is 0 Å². The Morgan fingerprint density at radius 3 is 2.45 bits per heavy atom. The normalized spacial score (nSPS) is 13.5. The number of aliphatic hydroxyl groups is 1. The molecule has 0 rings (SSSR count). The Morgan fingerprint density at radius 1 is 1.55 bits per heavy atom. The van der Waals surface area contributed by atoms with Crippen molar-refractivity contribution in [2.45, 2.75) is 26.9 Å². The number of hydrogen-bond acceptors (Lipinski definition) is 2. The van der Waals surface area contributed by atoms with E-state index in [1.165, 1.54) is 0 Å². The highest BCUT2D eigenvalue weighted by atomic mass is 16.3. The van der Waals surface area contributed by atoms with Crippen molar-refractivity contribution in [3.8, 4) is 0 Å². The highest BCUT2D eigenvalue weighted by Crippen LogP contribution is 1.98. The van der Waals surface area contributed by atoms with Crippen molar-refractivity contribution in [2.24, 2.45) is 5.92 Å². The summed E-state index contributed by atoms with van der Waals surface area (Å²) in [5.74, 6) is 0.327. The van der Waals surface area contributed by atoms with Crippen LogP contribution in [0.25, 0.3) is 0 Å². The molecular formula is C9H19NO. The summed E-state index contributed by atoms with van der Waals surface area (Å²) in [6.45, 7) is 11.2. The number of rotatable bonds is 5. The molecule has 0 aliphatic rings. The molecule has 66 valence electrons. The molecule has 0 spiro atoms. The first-order chi connectivity index (χ1) is 5.04. The molecule has 1 atom stereocenters. The Morgan fingerprint density at radius 2 is 2.09 bits per heavy atom. The maximum atomic E-state index is 9.35. The Balaban J connectivity index is 3.31. The third kappa shape index (κ3) is 6.07. The zero-order valence-corrected chi connectivity index (χ0v) is 7.72. The molecule has 2 heteroatoms. The first-order valence-corrected chi connectivity index (χ1v) is 4.07. The summed E-state index contributed by atoms with van der Waals surface area (Å²) in [5.41, 5.74) is 1.10. The predicted molar refractivity (Wildman–Crippen MR) is 48.5 cm³/mol. The molecule has 0 saturated carbocycles. The van der Waals surface area contributed by atoms with Gasteiger partial charge in [0.15, 0.2) is 0 Å². The van der Waals surface area contributed by atoms with Gasteiger partial charge in [0.05, 0.1) is 6.10 Å². The van der Waals surface area contributed by atoms with Crippen LogP contribution in [0.15, 0.2) is 12.2 Å². The Hall–Kier alpha value is -0.340. The summed E-state index contributed by atoms with van der Waals surface area (Å²) >= 11 is 0. The van der Waals surface area contributed by atoms with Crippen LogP contribution in [-0.4, -0.2) is 24.3 Å². The van der Waals surface area contributed by atoms with Crippen LogP contribution in [0.2, 0.25) is 0 Å². The minimum atomic E-state index is -0.241. The molecule has 0 amide bonds. The van der Waals surface area contributed by atoms with E-state index in [4.69, 9.17) is 0 Å². The topological polar surface area (TPSA) is 32.3 Å². The molecule has 0 aliphatic heterocycles. The van der Waals surface area contributed by atoms with Crippen LogP contribution in [-0.2, 0) is 0 Å². The van der Waals surface area contributed by atoms with Gasteiger partial charge in [0, 0.05) is 13.1 Å². The summed E-state index contributed by atoms with van der Waals surface area (Å²) in [6, 6.07) is 0. The maximum absolute atomic E-state index is 9.35. The largest absolute Gasteiger partial charge is 0.392 e. The van der Waals surface area contributed by atoms with Crippen LogP contribution < -0.4 is 5.32 Å². The lowest BCUT2D eigenvalue weighted by Crippen LogP contribution is -2.31. The summed E-state index contributed by atoms with van der Waals surface area (Å²) in [5, 5.41) is 12.5. The Labute approximate surface area is 69.3 Å². The van der Waals surface area contributed by atoms with Gasteiger partial charge in [0.2, 0.25) is 0 Å². The van der Waals surface area contributed by atoms with Gasteiger partial charge in [0.1, 0.15) is 0 Å². The van der Waals surface area contributed by atoms with Crippen molar-refractivity contribution in [3.63, 3.8) is 0 Å². The van der Waals surface area contributed by atoms with Crippen molar-refractivity contribution in [3.05, 3.63) is 12.2 Å². The first-order valence-electron chi connectivity index (χ1n) is 4.07. The highest BCUT2D eigenvalue weighted by Gasteiger charge is 2.06. The summed E-state index contributed by atoms with van der Waals surface area (Å²) in [7, 11) is 0. The molecule has 0 aromatic rings. The average Bonchev–Trinajstić information content (AvgIpc) is 1.86. The fraction of sp³-hybridized carbons (Fsp3) is 0.778. The molecule has 0 bridgehead atoms. The molecule has 0 saturated heterocycles. The fourth-order valence-corrected chi connectivity index (χ4v) is 0.669. The lowest BCUT2D eigenvalue weighted by molar-refractivity contribution is 0.124.